The van der Waals surface area contributed by atoms with Crippen LogP contribution in [0, 0.1) is 13.8 Å². The molecule has 7 heteroatoms. The summed E-state index contributed by atoms with van der Waals surface area (Å²) in [5, 5.41) is 0. The molecular weight excluding hydrogens is 439 g/mol. The molecule has 2 aromatic rings. The number of halogens is 3. The summed E-state index contributed by atoms with van der Waals surface area (Å²) in [6, 6.07) is 11.9. The molecule has 1 saturated heterocycles. The van der Waals surface area contributed by atoms with Crippen molar-refractivity contribution in [2.45, 2.75) is 46.2 Å². The SMILES string of the molecule is CC(=O)CCCN1CCN(CCCN(c2ccccc2C)c2cc(C(F)(F)F)ccc2C)CC1. The molecule has 4 nitrogen and oxygen atoms in total. The highest BCUT2D eigenvalue weighted by Crippen LogP contribution is 2.36. The van der Waals surface area contributed by atoms with Crippen molar-refractivity contribution in [1.29, 1.82) is 0 Å². The molecule has 0 radical (unpaired) electrons. The number of nitrogens with zero attached hydrogens (tertiary/aromatic N) is 3. The molecule has 0 atom stereocenters. The van der Waals surface area contributed by atoms with Crippen molar-refractivity contribution < 1.29 is 18.0 Å². The maximum absolute atomic E-state index is 13.4. The Balaban J connectivity index is 1.65. The van der Waals surface area contributed by atoms with Crippen LogP contribution in [0.1, 0.15) is 42.9 Å². The largest absolute Gasteiger partial charge is 0.416 e. The molecular formula is C27H36F3N3O. The number of alkyl halides is 3. The number of ketones is 1. The van der Waals surface area contributed by atoms with Crippen LogP contribution in [0.3, 0.4) is 0 Å². The average Bonchev–Trinajstić information content (AvgIpc) is 2.78. The van der Waals surface area contributed by atoms with E-state index in [4.69, 9.17) is 0 Å². The van der Waals surface area contributed by atoms with Crippen LogP contribution in [0.4, 0.5) is 24.5 Å². The summed E-state index contributed by atoms with van der Waals surface area (Å²) in [6.45, 7) is 12.0. The normalized spacial score (nSPS) is 15.5. The molecule has 0 spiro atoms. The number of rotatable bonds is 10. The minimum Gasteiger partial charge on any atom is -0.341 e. The van der Waals surface area contributed by atoms with Gasteiger partial charge in [0.05, 0.1) is 5.56 Å². The number of anilines is 2. The maximum Gasteiger partial charge on any atom is 0.416 e. The molecule has 3 rings (SSSR count). The van der Waals surface area contributed by atoms with E-state index >= 15 is 0 Å². The second kappa shape index (κ2) is 11.8. The standard InChI is InChI=1S/C27H36F3N3O/c1-21-8-4-5-10-25(21)33(26-20-24(27(28,29)30)12-11-22(26)2)15-7-14-32-18-16-31(17-19-32)13-6-9-23(3)34/h4-5,8,10-12,20H,6-7,9,13-19H2,1-3H3. The third-order valence-corrected chi connectivity index (χ3v) is 6.56. The van der Waals surface area contributed by atoms with Gasteiger partial charge in [-0.2, -0.15) is 13.2 Å². The average molecular weight is 476 g/mol. The van der Waals surface area contributed by atoms with Gasteiger partial charge in [-0.3, -0.25) is 0 Å². The van der Waals surface area contributed by atoms with E-state index in [0.29, 0.717) is 18.7 Å². The number of para-hydroxylation sites is 1. The van der Waals surface area contributed by atoms with E-state index in [1.165, 1.54) is 6.07 Å². The van der Waals surface area contributed by atoms with Crippen molar-refractivity contribution in [2.24, 2.45) is 0 Å². The van der Waals surface area contributed by atoms with Crippen LogP contribution in [0.5, 0.6) is 0 Å². The lowest BCUT2D eigenvalue weighted by Gasteiger charge is -2.35. The molecule has 0 bridgehead atoms. The first-order valence-corrected chi connectivity index (χ1v) is 12.1. The lowest BCUT2D eigenvalue weighted by Crippen LogP contribution is -2.47. The van der Waals surface area contributed by atoms with Gasteiger partial charge in [-0.25, -0.2) is 0 Å². The molecule has 1 fully saturated rings. The Bertz CT molecular complexity index is 952. The number of hydrogen-bond acceptors (Lipinski definition) is 4. The van der Waals surface area contributed by atoms with Gasteiger partial charge in [-0.15, -0.1) is 0 Å². The smallest absolute Gasteiger partial charge is 0.341 e. The maximum atomic E-state index is 13.4. The van der Waals surface area contributed by atoms with Crippen molar-refractivity contribution in [2.75, 3.05) is 50.7 Å². The predicted octanol–water partition coefficient (Wildman–Crippen LogP) is 5.84. The molecule has 34 heavy (non-hydrogen) atoms. The fourth-order valence-corrected chi connectivity index (χ4v) is 4.55. The quantitative estimate of drug-likeness (QED) is 0.432. The summed E-state index contributed by atoms with van der Waals surface area (Å²) < 4.78 is 40.3. The number of benzene rings is 2. The zero-order chi connectivity index (χ0) is 24.7. The number of hydrogen-bond donors (Lipinski definition) is 0. The van der Waals surface area contributed by atoms with Crippen molar-refractivity contribution in [3.63, 3.8) is 0 Å². The molecule has 0 saturated carbocycles. The van der Waals surface area contributed by atoms with E-state index in [1.807, 2.05) is 43.0 Å². The molecule has 0 amide bonds. The topological polar surface area (TPSA) is 26.8 Å². The van der Waals surface area contributed by atoms with Gasteiger partial charge in [0.15, 0.2) is 0 Å². The Kier molecular flexibility index (Phi) is 9.14. The highest BCUT2D eigenvalue weighted by Gasteiger charge is 2.31. The van der Waals surface area contributed by atoms with E-state index in [9.17, 15) is 18.0 Å². The van der Waals surface area contributed by atoms with Crippen LogP contribution >= 0.6 is 0 Å². The van der Waals surface area contributed by atoms with Gasteiger partial charge in [0, 0.05) is 50.5 Å². The monoisotopic (exact) mass is 475 g/mol. The fourth-order valence-electron chi connectivity index (χ4n) is 4.55. The minimum absolute atomic E-state index is 0.243. The molecule has 1 aliphatic heterocycles. The molecule has 1 heterocycles. The number of piperazine rings is 1. The summed E-state index contributed by atoms with van der Waals surface area (Å²) in [5.41, 5.74) is 2.81. The van der Waals surface area contributed by atoms with Crippen LogP contribution in [0.15, 0.2) is 42.5 Å². The highest BCUT2D eigenvalue weighted by molar-refractivity contribution is 5.75. The van der Waals surface area contributed by atoms with Crippen LogP contribution in [0.25, 0.3) is 0 Å². The fraction of sp³-hybridized carbons (Fsp3) is 0.519. The van der Waals surface area contributed by atoms with E-state index < -0.39 is 11.7 Å². The van der Waals surface area contributed by atoms with E-state index in [2.05, 4.69) is 9.80 Å². The zero-order valence-corrected chi connectivity index (χ0v) is 20.5. The van der Waals surface area contributed by atoms with Crippen molar-refractivity contribution in [3.8, 4) is 0 Å². The third-order valence-electron chi connectivity index (χ3n) is 6.56. The lowest BCUT2D eigenvalue weighted by atomic mass is 10.1. The first-order valence-electron chi connectivity index (χ1n) is 12.1. The summed E-state index contributed by atoms with van der Waals surface area (Å²) >= 11 is 0. The molecule has 0 N–H and O–H groups in total. The van der Waals surface area contributed by atoms with Gasteiger partial charge >= 0.3 is 6.18 Å². The summed E-state index contributed by atoms with van der Waals surface area (Å²) in [5.74, 6) is 0.243. The van der Waals surface area contributed by atoms with Crippen LogP contribution < -0.4 is 4.90 Å². The Morgan fingerprint density at radius 3 is 2.06 bits per heavy atom. The Morgan fingerprint density at radius 2 is 1.47 bits per heavy atom. The number of carbonyl (C=O) groups excluding carboxylic acids is 1. The molecule has 0 unspecified atom stereocenters. The minimum atomic E-state index is -4.37. The molecule has 1 aliphatic rings. The highest BCUT2D eigenvalue weighted by atomic mass is 19.4. The summed E-state index contributed by atoms with van der Waals surface area (Å²) in [7, 11) is 0. The predicted molar refractivity (Wildman–Crippen MR) is 132 cm³/mol. The first kappa shape index (κ1) is 26.2. The Labute approximate surface area is 201 Å². The van der Waals surface area contributed by atoms with Gasteiger partial charge in [0.2, 0.25) is 0 Å². The first-order chi connectivity index (χ1) is 16.1. The summed E-state index contributed by atoms with van der Waals surface area (Å²) in [4.78, 5) is 18.0. The number of Topliss-reactive ketones (excluding diaryl/α,β-unsaturated/α-hetero) is 1. The van der Waals surface area contributed by atoms with Gasteiger partial charge in [-0.05, 0) is 76.0 Å². The van der Waals surface area contributed by atoms with E-state index in [0.717, 1.165) is 75.0 Å². The van der Waals surface area contributed by atoms with Crippen molar-refractivity contribution >= 4 is 17.2 Å². The van der Waals surface area contributed by atoms with Crippen LogP contribution in [0.2, 0.25) is 0 Å². The van der Waals surface area contributed by atoms with Crippen LogP contribution in [-0.4, -0.2) is 61.4 Å². The van der Waals surface area contributed by atoms with Gasteiger partial charge in [-0.1, -0.05) is 24.3 Å². The number of carbonyl (C=O) groups is 1. The van der Waals surface area contributed by atoms with Gasteiger partial charge in [0.1, 0.15) is 5.78 Å². The van der Waals surface area contributed by atoms with Crippen LogP contribution in [-0.2, 0) is 11.0 Å². The summed E-state index contributed by atoms with van der Waals surface area (Å²) in [6.07, 6.45) is -1.96. The molecule has 186 valence electrons. The lowest BCUT2D eigenvalue weighted by molar-refractivity contribution is -0.137. The van der Waals surface area contributed by atoms with Gasteiger partial charge in [0.25, 0.3) is 0 Å². The van der Waals surface area contributed by atoms with Crippen molar-refractivity contribution in [3.05, 3.63) is 59.2 Å². The van der Waals surface area contributed by atoms with E-state index in [-0.39, 0.29) is 5.78 Å². The molecule has 0 aromatic heterocycles. The number of aryl methyl sites for hydroxylation is 2. The van der Waals surface area contributed by atoms with Crippen molar-refractivity contribution in [1.82, 2.24) is 9.80 Å². The second-order valence-electron chi connectivity index (χ2n) is 9.28. The molecule has 0 aliphatic carbocycles. The van der Waals surface area contributed by atoms with E-state index in [1.54, 1.807) is 13.0 Å². The third kappa shape index (κ3) is 7.31. The van der Waals surface area contributed by atoms with Gasteiger partial charge < -0.3 is 19.5 Å². The second-order valence-corrected chi connectivity index (χ2v) is 9.28. The Morgan fingerprint density at radius 1 is 0.882 bits per heavy atom. The Hall–Kier alpha value is -2.38. The zero-order valence-electron chi connectivity index (χ0n) is 20.5. The molecule has 2 aromatic carbocycles.